The van der Waals surface area contributed by atoms with Gasteiger partial charge in [-0.05, 0) is 25.0 Å². The fourth-order valence-corrected chi connectivity index (χ4v) is 2.68. The average Bonchev–Trinajstić information content (AvgIpc) is 3.08. The molecule has 7 nitrogen and oxygen atoms in total. The van der Waals surface area contributed by atoms with Gasteiger partial charge in [-0.2, -0.15) is 0 Å². The van der Waals surface area contributed by atoms with Gasteiger partial charge in [0.2, 0.25) is 0 Å². The van der Waals surface area contributed by atoms with Gasteiger partial charge in [-0.1, -0.05) is 38.3 Å². The maximum atomic E-state index is 6.04. The summed E-state index contributed by atoms with van der Waals surface area (Å²) < 4.78 is 7.92. The van der Waals surface area contributed by atoms with E-state index in [-0.39, 0.29) is 24.0 Å². The highest BCUT2D eigenvalue weighted by molar-refractivity contribution is 14.0. The highest BCUT2D eigenvalue weighted by Gasteiger charge is 2.07. The Morgan fingerprint density at radius 1 is 1.18 bits per heavy atom. The minimum Gasteiger partial charge on any atom is -0.493 e. The highest BCUT2D eigenvalue weighted by atomic mass is 127. The predicted molar refractivity (Wildman–Crippen MR) is 124 cm³/mol. The first-order valence-electron chi connectivity index (χ1n) is 9.63. The van der Waals surface area contributed by atoms with Gasteiger partial charge in [-0.3, -0.25) is 4.99 Å². The van der Waals surface area contributed by atoms with Crippen molar-refractivity contribution in [1.29, 1.82) is 0 Å². The van der Waals surface area contributed by atoms with Crippen molar-refractivity contribution in [3.63, 3.8) is 0 Å². The zero-order chi connectivity index (χ0) is 19.5. The summed E-state index contributed by atoms with van der Waals surface area (Å²) >= 11 is 0. The van der Waals surface area contributed by atoms with Crippen molar-refractivity contribution in [3.8, 4) is 5.75 Å². The molecule has 0 unspecified atom stereocenters. The lowest BCUT2D eigenvalue weighted by Crippen LogP contribution is -2.37. The first kappa shape index (κ1) is 24.2. The number of nitrogens with zero attached hydrogens (tertiary/aromatic N) is 4. The SMILES string of the molecule is CCCCCCOc1cc(C)ccc1CNC(=NC)NCc1nncn1C.I. The Kier molecular flexibility index (Phi) is 11.5. The van der Waals surface area contributed by atoms with E-state index in [0.717, 1.165) is 30.2 Å². The first-order valence-corrected chi connectivity index (χ1v) is 9.63. The molecule has 156 valence electrons. The summed E-state index contributed by atoms with van der Waals surface area (Å²) in [6.07, 6.45) is 6.49. The van der Waals surface area contributed by atoms with Crippen LogP contribution >= 0.6 is 24.0 Å². The van der Waals surface area contributed by atoms with Crippen LogP contribution in [0.5, 0.6) is 5.75 Å². The quantitative estimate of drug-likeness (QED) is 0.226. The third-order valence-corrected chi connectivity index (χ3v) is 4.37. The fraction of sp³-hybridized carbons (Fsp3) is 0.550. The van der Waals surface area contributed by atoms with Gasteiger partial charge in [0.1, 0.15) is 12.1 Å². The topological polar surface area (TPSA) is 76.4 Å². The molecule has 0 bridgehead atoms. The molecule has 1 aromatic heterocycles. The van der Waals surface area contributed by atoms with Crippen molar-refractivity contribution in [1.82, 2.24) is 25.4 Å². The number of unbranched alkanes of at least 4 members (excludes halogenated alkanes) is 3. The van der Waals surface area contributed by atoms with E-state index in [1.54, 1.807) is 13.4 Å². The van der Waals surface area contributed by atoms with Crippen LogP contribution in [0.4, 0.5) is 0 Å². The molecule has 0 aliphatic carbocycles. The van der Waals surface area contributed by atoms with Crippen molar-refractivity contribution in [2.45, 2.75) is 52.6 Å². The molecule has 0 spiro atoms. The van der Waals surface area contributed by atoms with Gasteiger partial charge in [0.25, 0.3) is 0 Å². The number of aryl methyl sites for hydroxylation is 2. The predicted octanol–water partition coefficient (Wildman–Crippen LogP) is 3.57. The minimum atomic E-state index is 0. The smallest absolute Gasteiger partial charge is 0.191 e. The van der Waals surface area contributed by atoms with Gasteiger partial charge < -0.3 is 19.9 Å². The Morgan fingerprint density at radius 3 is 2.64 bits per heavy atom. The number of guanidine groups is 1. The molecule has 8 heteroatoms. The van der Waals surface area contributed by atoms with E-state index in [1.807, 2.05) is 11.6 Å². The van der Waals surface area contributed by atoms with E-state index in [2.05, 4.69) is 57.9 Å². The summed E-state index contributed by atoms with van der Waals surface area (Å²) in [5.74, 6) is 2.51. The van der Waals surface area contributed by atoms with E-state index < -0.39 is 0 Å². The summed E-state index contributed by atoms with van der Waals surface area (Å²) in [6.45, 7) is 6.27. The van der Waals surface area contributed by atoms with Crippen LogP contribution < -0.4 is 15.4 Å². The molecular formula is C20H33IN6O. The van der Waals surface area contributed by atoms with E-state index in [4.69, 9.17) is 4.74 Å². The van der Waals surface area contributed by atoms with Gasteiger partial charge in [0.05, 0.1) is 13.2 Å². The molecule has 0 saturated carbocycles. The normalized spacial score (nSPS) is 11.1. The number of aromatic nitrogens is 3. The summed E-state index contributed by atoms with van der Waals surface area (Å²) in [7, 11) is 3.68. The number of halogens is 1. The molecule has 28 heavy (non-hydrogen) atoms. The van der Waals surface area contributed by atoms with Crippen LogP contribution in [0, 0.1) is 6.92 Å². The second-order valence-electron chi connectivity index (χ2n) is 6.66. The fourth-order valence-electron chi connectivity index (χ4n) is 2.68. The molecule has 0 radical (unpaired) electrons. The van der Waals surface area contributed by atoms with Gasteiger partial charge in [-0.15, -0.1) is 34.2 Å². The van der Waals surface area contributed by atoms with Crippen LogP contribution in [-0.2, 0) is 20.1 Å². The molecule has 0 fully saturated rings. The van der Waals surface area contributed by atoms with Crippen molar-refractivity contribution in [2.24, 2.45) is 12.0 Å². The Balaban J connectivity index is 0.00000392. The molecule has 0 atom stereocenters. The third-order valence-electron chi connectivity index (χ3n) is 4.37. The largest absolute Gasteiger partial charge is 0.493 e. The van der Waals surface area contributed by atoms with Crippen LogP contribution in [-0.4, -0.2) is 34.4 Å². The van der Waals surface area contributed by atoms with Crippen LogP contribution in [0.1, 0.15) is 49.6 Å². The molecular weight excluding hydrogens is 467 g/mol. The van der Waals surface area contributed by atoms with Gasteiger partial charge in [0.15, 0.2) is 11.8 Å². The molecule has 0 aliphatic rings. The van der Waals surface area contributed by atoms with E-state index >= 15 is 0 Å². The van der Waals surface area contributed by atoms with Gasteiger partial charge >= 0.3 is 0 Å². The van der Waals surface area contributed by atoms with Crippen molar-refractivity contribution >= 4 is 29.9 Å². The zero-order valence-corrected chi connectivity index (χ0v) is 19.7. The van der Waals surface area contributed by atoms with Gasteiger partial charge in [0, 0.05) is 26.2 Å². The number of aliphatic imine (C=N–C) groups is 1. The Bertz CT molecular complexity index is 731. The maximum Gasteiger partial charge on any atom is 0.191 e. The standard InChI is InChI=1S/C20H32N6O.HI/c1-5-6-7-8-11-27-18-12-16(2)9-10-17(18)13-22-20(21-3)23-14-19-25-24-15-26(19)4;/h9-10,12,15H,5-8,11,13-14H2,1-4H3,(H2,21,22,23);1H. The number of ether oxygens (including phenoxy) is 1. The van der Waals surface area contributed by atoms with Crippen molar-refractivity contribution in [2.75, 3.05) is 13.7 Å². The molecule has 0 saturated heterocycles. The molecule has 1 heterocycles. The third kappa shape index (κ3) is 8.04. The Morgan fingerprint density at radius 2 is 1.96 bits per heavy atom. The van der Waals surface area contributed by atoms with E-state index in [0.29, 0.717) is 19.0 Å². The summed E-state index contributed by atoms with van der Waals surface area (Å²) in [5, 5.41) is 14.5. The minimum absolute atomic E-state index is 0. The first-order chi connectivity index (χ1) is 13.1. The van der Waals surface area contributed by atoms with Crippen LogP contribution in [0.3, 0.4) is 0 Å². The summed E-state index contributed by atoms with van der Waals surface area (Å²) in [6, 6.07) is 6.32. The second-order valence-corrected chi connectivity index (χ2v) is 6.66. The number of hydrogen-bond acceptors (Lipinski definition) is 4. The number of rotatable bonds is 10. The van der Waals surface area contributed by atoms with Crippen LogP contribution in [0.2, 0.25) is 0 Å². The number of nitrogens with one attached hydrogen (secondary N) is 2. The van der Waals surface area contributed by atoms with Crippen LogP contribution in [0.25, 0.3) is 0 Å². The van der Waals surface area contributed by atoms with E-state index in [9.17, 15) is 0 Å². The summed E-state index contributed by atoms with van der Waals surface area (Å²) in [5.41, 5.74) is 2.32. The van der Waals surface area contributed by atoms with Crippen LogP contribution in [0.15, 0.2) is 29.5 Å². The lowest BCUT2D eigenvalue weighted by atomic mass is 10.1. The molecule has 0 amide bonds. The lowest BCUT2D eigenvalue weighted by Gasteiger charge is -2.15. The lowest BCUT2D eigenvalue weighted by molar-refractivity contribution is 0.301. The number of benzene rings is 1. The molecule has 0 aliphatic heterocycles. The number of hydrogen-bond donors (Lipinski definition) is 2. The molecule has 2 aromatic rings. The van der Waals surface area contributed by atoms with Crippen molar-refractivity contribution < 1.29 is 4.74 Å². The zero-order valence-electron chi connectivity index (χ0n) is 17.4. The Hall–Kier alpha value is -1.84. The van der Waals surface area contributed by atoms with E-state index in [1.165, 1.54) is 24.8 Å². The molecule has 2 N–H and O–H groups in total. The monoisotopic (exact) mass is 500 g/mol. The molecule has 2 rings (SSSR count). The van der Waals surface area contributed by atoms with Crippen molar-refractivity contribution in [3.05, 3.63) is 41.5 Å². The highest BCUT2D eigenvalue weighted by Crippen LogP contribution is 2.20. The molecule has 1 aromatic carbocycles. The Labute approximate surface area is 185 Å². The maximum absolute atomic E-state index is 6.04. The summed E-state index contributed by atoms with van der Waals surface area (Å²) in [4.78, 5) is 4.27. The average molecular weight is 500 g/mol. The van der Waals surface area contributed by atoms with Gasteiger partial charge in [-0.25, -0.2) is 0 Å². The second kappa shape index (κ2) is 13.4.